The zero-order chi connectivity index (χ0) is 21.0. The van der Waals surface area contributed by atoms with Gasteiger partial charge < -0.3 is 13.9 Å². The van der Waals surface area contributed by atoms with Gasteiger partial charge in [0.25, 0.3) is 0 Å². The van der Waals surface area contributed by atoms with Gasteiger partial charge in [-0.05, 0) is 50.2 Å². The second kappa shape index (κ2) is 8.44. The second-order valence-corrected chi connectivity index (χ2v) is 6.56. The fourth-order valence-electron chi connectivity index (χ4n) is 2.46. The molecule has 0 atom stereocenters. The van der Waals surface area contributed by atoms with Gasteiger partial charge in [0.05, 0.1) is 0 Å². The van der Waals surface area contributed by atoms with Crippen LogP contribution in [0.4, 0.5) is 0 Å². The molecule has 0 radical (unpaired) electrons. The Morgan fingerprint density at radius 3 is 1.52 bits per heavy atom. The van der Waals surface area contributed by atoms with Crippen molar-refractivity contribution in [3.8, 4) is 34.1 Å². The zero-order valence-corrected chi connectivity index (χ0v) is 16.2. The third kappa shape index (κ3) is 4.90. The Labute approximate surface area is 168 Å². The van der Waals surface area contributed by atoms with Crippen molar-refractivity contribution in [1.82, 2.24) is 0 Å². The number of ether oxygens (including phenoxy) is 2. The van der Waals surface area contributed by atoms with Crippen LogP contribution in [-0.4, -0.2) is 11.9 Å². The van der Waals surface area contributed by atoms with Gasteiger partial charge in [-0.1, -0.05) is 37.4 Å². The zero-order valence-electron chi connectivity index (χ0n) is 16.2. The summed E-state index contributed by atoms with van der Waals surface area (Å²) >= 11 is 0. The number of rotatable bonds is 6. The highest BCUT2D eigenvalue weighted by Gasteiger charge is 2.12. The largest absolute Gasteiger partial charge is 0.456 e. The van der Waals surface area contributed by atoms with E-state index in [9.17, 15) is 9.59 Å². The van der Waals surface area contributed by atoms with E-state index in [1.165, 1.54) is 0 Å². The molecule has 146 valence electrons. The Hall–Kier alpha value is -3.86. The van der Waals surface area contributed by atoms with Gasteiger partial charge in [-0.15, -0.1) is 0 Å². The van der Waals surface area contributed by atoms with E-state index in [1.54, 1.807) is 50.2 Å². The van der Waals surface area contributed by atoms with E-state index in [4.69, 9.17) is 13.9 Å². The minimum atomic E-state index is -0.483. The second-order valence-electron chi connectivity index (χ2n) is 6.56. The number of hydrogen-bond acceptors (Lipinski definition) is 5. The number of furan rings is 1. The molecule has 29 heavy (non-hydrogen) atoms. The quantitative estimate of drug-likeness (QED) is 0.313. The molecule has 3 aromatic rings. The number of carbonyl (C=O) groups is 2. The average Bonchev–Trinajstić information content (AvgIpc) is 3.18. The molecule has 5 nitrogen and oxygen atoms in total. The third-order valence-electron chi connectivity index (χ3n) is 3.96. The van der Waals surface area contributed by atoms with Crippen LogP contribution in [0.3, 0.4) is 0 Å². The molecule has 0 aliphatic rings. The Kier molecular flexibility index (Phi) is 5.79. The van der Waals surface area contributed by atoms with Crippen molar-refractivity contribution in [2.24, 2.45) is 0 Å². The lowest BCUT2D eigenvalue weighted by molar-refractivity contribution is -0.130. The summed E-state index contributed by atoms with van der Waals surface area (Å²) in [6, 6.07) is 17.7. The van der Waals surface area contributed by atoms with Crippen molar-refractivity contribution < 1.29 is 23.5 Å². The van der Waals surface area contributed by atoms with Gasteiger partial charge in [-0.3, -0.25) is 0 Å². The number of hydrogen-bond donors (Lipinski definition) is 0. The maximum atomic E-state index is 11.7. The molecular formula is C24H20O5. The number of benzene rings is 2. The summed E-state index contributed by atoms with van der Waals surface area (Å²) < 4.78 is 16.5. The standard InChI is InChI=1S/C24H20O5/c1-15(2)23(25)27-19-9-5-7-17(13-19)21-11-12-22(29-21)18-8-6-10-20(14-18)28-24(26)16(3)4/h5-14H,1,3H2,2,4H3. The summed E-state index contributed by atoms with van der Waals surface area (Å²) in [5, 5.41) is 0. The highest BCUT2D eigenvalue weighted by molar-refractivity contribution is 5.89. The van der Waals surface area contributed by atoms with E-state index >= 15 is 0 Å². The molecule has 0 saturated carbocycles. The lowest BCUT2D eigenvalue weighted by Crippen LogP contribution is -2.08. The first-order valence-electron chi connectivity index (χ1n) is 8.89. The molecule has 0 aliphatic heterocycles. The maximum Gasteiger partial charge on any atom is 0.338 e. The van der Waals surface area contributed by atoms with E-state index < -0.39 is 11.9 Å². The van der Waals surface area contributed by atoms with E-state index in [-0.39, 0.29) is 0 Å². The molecule has 0 saturated heterocycles. The van der Waals surface area contributed by atoms with Crippen LogP contribution in [0.25, 0.3) is 22.6 Å². The average molecular weight is 388 g/mol. The van der Waals surface area contributed by atoms with E-state index in [0.717, 1.165) is 11.1 Å². The molecule has 0 aliphatic carbocycles. The van der Waals surface area contributed by atoms with Crippen molar-refractivity contribution in [2.45, 2.75) is 13.8 Å². The smallest absolute Gasteiger partial charge is 0.338 e. The summed E-state index contributed by atoms with van der Waals surface area (Å²) in [6.45, 7) is 10.3. The summed E-state index contributed by atoms with van der Waals surface area (Å²) in [7, 11) is 0. The van der Waals surface area contributed by atoms with Gasteiger partial charge in [-0.25, -0.2) is 9.59 Å². The highest BCUT2D eigenvalue weighted by Crippen LogP contribution is 2.31. The molecule has 2 aromatic carbocycles. The Bertz CT molecular complexity index is 1020. The van der Waals surface area contributed by atoms with Crippen molar-refractivity contribution in [1.29, 1.82) is 0 Å². The predicted octanol–water partition coefficient (Wildman–Crippen LogP) is 5.58. The highest BCUT2D eigenvalue weighted by atomic mass is 16.5. The van der Waals surface area contributed by atoms with Gasteiger partial charge in [0.1, 0.15) is 23.0 Å². The van der Waals surface area contributed by atoms with Gasteiger partial charge in [0.15, 0.2) is 0 Å². The summed E-state index contributed by atoms with van der Waals surface area (Å²) in [5.74, 6) is 1.06. The SMILES string of the molecule is C=C(C)C(=O)Oc1cccc(-c2ccc(-c3cccc(OC(=O)C(=C)C)c3)o2)c1. The minimum Gasteiger partial charge on any atom is -0.456 e. The van der Waals surface area contributed by atoms with Crippen LogP contribution in [0, 0.1) is 0 Å². The van der Waals surface area contributed by atoms with Crippen LogP contribution in [0.2, 0.25) is 0 Å². The van der Waals surface area contributed by atoms with Crippen LogP contribution in [0.5, 0.6) is 11.5 Å². The molecule has 1 heterocycles. The first-order valence-corrected chi connectivity index (χ1v) is 8.89. The monoisotopic (exact) mass is 388 g/mol. The van der Waals surface area contributed by atoms with Gasteiger partial charge in [0.2, 0.25) is 0 Å². The van der Waals surface area contributed by atoms with E-state index in [0.29, 0.717) is 34.2 Å². The predicted molar refractivity (Wildman–Crippen MR) is 110 cm³/mol. The lowest BCUT2D eigenvalue weighted by atomic mass is 10.1. The topological polar surface area (TPSA) is 65.7 Å². The van der Waals surface area contributed by atoms with Crippen LogP contribution in [-0.2, 0) is 9.59 Å². The first-order chi connectivity index (χ1) is 13.8. The molecule has 0 bridgehead atoms. The van der Waals surface area contributed by atoms with Crippen LogP contribution < -0.4 is 9.47 Å². The molecule has 3 rings (SSSR count). The van der Waals surface area contributed by atoms with Crippen molar-refractivity contribution in [3.63, 3.8) is 0 Å². The Morgan fingerprint density at radius 2 is 1.14 bits per heavy atom. The fourth-order valence-corrected chi connectivity index (χ4v) is 2.46. The third-order valence-corrected chi connectivity index (χ3v) is 3.96. The van der Waals surface area contributed by atoms with Crippen LogP contribution >= 0.6 is 0 Å². The van der Waals surface area contributed by atoms with Gasteiger partial charge in [-0.2, -0.15) is 0 Å². The van der Waals surface area contributed by atoms with Crippen LogP contribution in [0.15, 0.2) is 89.4 Å². The lowest BCUT2D eigenvalue weighted by Gasteiger charge is -2.06. The van der Waals surface area contributed by atoms with Crippen molar-refractivity contribution in [3.05, 3.63) is 85.0 Å². The molecule has 5 heteroatoms. The summed E-state index contributed by atoms with van der Waals surface area (Å²) in [6.07, 6.45) is 0. The summed E-state index contributed by atoms with van der Waals surface area (Å²) in [4.78, 5) is 23.4. The number of esters is 2. The Morgan fingerprint density at radius 1 is 0.724 bits per heavy atom. The van der Waals surface area contributed by atoms with Crippen LogP contribution in [0.1, 0.15) is 13.8 Å². The minimum absolute atomic E-state index is 0.322. The molecular weight excluding hydrogens is 368 g/mol. The molecule has 0 unspecified atom stereocenters. The first kappa shape index (κ1) is 19.9. The molecule has 0 fully saturated rings. The summed E-state index contributed by atoms with van der Waals surface area (Å²) in [5.41, 5.74) is 2.16. The molecule has 0 N–H and O–H groups in total. The number of carbonyl (C=O) groups excluding carboxylic acids is 2. The molecule has 0 amide bonds. The van der Waals surface area contributed by atoms with E-state index in [1.807, 2.05) is 24.3 Å². The van der Waals surface area contributed by atoms with Gasteiger partial charge >= 0.3 is 11.9 Å². The van der Waals surface area contributed by atoms with Gasteiger partial charge in [0, 0.05) is 22.3 Å². The van der Waals surface area contributed by atoms with E-state index in [2.05, 4.69) is 13.2 Å². The molecule has 1 aromatic heterocycles. The van der Waals surface area contributed by atoms with Crippen molar-refractivity contribution in [2.75, 3.05) is 0 Å². The van der Waals surface area contributed by atoms with Crippen molar-refractivity contribution >= 4 is 11.9 Å². The molecule has 0 spiro atoms. The Balaban J connectivity index is 1.83. The fraction of sp³-hybridized carbons (Fsp3) is 0.0833. The normalized spacial score (nSPS) is 10.3. The maximum absolute atomic E-state index is 11.7.